The van der Waals surface area contributed by atoms with Gasteiger partial charge in [-0.25, -0.2) is 8.78 Å². The van der Waals surface area contributed by atoms with Crippen molar-refractivity contribution in [2.24, 2.45) is 17.8 Å². The normalized spacial score (nSPS) is 29.6. The molecule has 0 N–H and O–H groups in total. The molecule has 2 fully saturated rings. The van der Waals surface area contributed by atoms with E-state index in [-0.39, 0.29) is 12.3 Å². The largest absolute Gasteiger partial charge is 0.342 e. The summed E-state index contributed by atoms with van der Waals surface area (Å²) in [6.07, 6.45) is 1.68. The molecule has 0 bridgehead atoms. The third kappa shape index (κ3) is 2.20. The lowest BCUT2D eigenvalue weighted by Crippen LogP contribution is -2.41. The molecule has 92 valence electrons. The van der Waals surface area contributed by atoms with Crippen LogP contribution in [0.5, 0.6) is 0 Å². The second-order valence-corrected chi connectivity index (χ2v) is 5.42. The molecule has 1 saturated heterocycles. The summed E-state index contributed by atoms with van der Waals surface area (Å²) in [6, 6.07) is 0. The molecule has 1 saturated carbocycles. The van der Waals surface area contributed by atoms with Crippen LogP contribution in [-0.2, 0) is 4.79 Å². The van der Waals surface area contributed by atoms with Crippen LogP contribution in [0, 0.1) is 17.8 Å². The molecule has 1 heterocycles. The Balaban J connectivity index is 1.83. The van der Waals surface area contributed by atoms with Gasteiger partial charge in [-0.1, -0.05) is 13.8 Å². The van der Waals surface area contributed by atoms with Crippen LogP contribution in [0.15, 0.2) is 0 Å². The quantitative estimate of drug-likeness (QED) is 0.715. The van der Waals surface area contributed by atoms with Gasteiger partial charge < -0.3 is 4.90 Å². The average molecular weight is 231 g/mol. The van der Waals surface area contributed by atoms with Crippen molar-refractivity contribution in [1.29, 1.82) is 0 Å². The number of piperidine rings is 1. The minimum atomic E-state index is -2.72. The van der Waals surface area contributed by atoms with E-state index >= 15 is 0 Å². The molecule has 0 spiro atoms. The summed E-state index contributed by atoms with van der Waals surface area (Å²) in [5.41, 5.74) is 0. The van der Waals surface area contributed by atoms with E-state index in [0.29, 0.717) is 24.9 Å². The maximum atomic E-state index is 12.8. The highest BCUT2D eigenvalue weighted by Crippen LogP contribution is 2.49. The first-order valence-electron chi connectivity index (χ1n) is 6.08. The highest BCUT2D eigenvalue weighted by Gasteiger charge is 2.62. The first-order valence-corrected chi connectivity index (χ1v) is 6.08. The first kappa shape index (κ1) is 11.8. The molecule has 1 aliphatic carbocycles. The highest BCUT2D eigenvalue weighted by atomic mass is 19.3. The third-order valence-electron chi connectivity index (χ3n) is 3.92. The van der Waals surface area contributed by atoms with Gasteiger partial charge in [0.05, 0.1) is 0 Å². The number of alkyl halides is 2. The molecule has 2 aliphatic rings. The van der Waals surface area contributed by atoms with Crippen LogP contribution in [0.2, 0.25) is 0 Å². The van der Waals surface area contributed by atoms with Gasteiger partial charge in [0, 0.05) is 19.5 Å². The van der Waals surface area contributed by atoms with Gasteiger partial charge in [-0.2, -0.15) is 0 Å². The Morgan fingerprint density at radius 2 is 1.81 bits per heavy atom. The standard InChI is InChI=1S/C12H19F2NO/c1-8(2)9-3-5-15(6-4-9)11(16)10-7-12(10,13)14/h8-10H,3-7H2,1-2H3. The molecular weight excluding hydrogens is 212 g/mol. The molecule has 1 amide bonds. The van der Waals surface area contributed by atoms with Crippen molar-refractivity contribution in [3.8, 4) is 0 Å². The molecule has 2 rings (SSSR count). The SMILES string of the molecule is CC(C)C1CCN(C(=O)C2CC2(F)F)CC1. The molecule has 4 heteroatoms. The van der Waals surface area contributed by atoms with Crippen LogP contribution in [0.3, 0.4) is 0 Å². The third-order valence-corrected chi connectivity index (χ3v) is 3.92. The summed E-state index contributed by atoms with van der Waals surface area (Å²) in [7, 11) is 0. The van der Waals surface area contributed by atoms with Crippen molar-refractivity contribution < 1.29 is 13.6 Å². The number of rotatable bonds is 2. The van der Waals surface area contributed by atoms with Gasteiger partial charge in [0.2, 0.25) is 5.91 Å². The molecule has 16 heavy (non-hydrogen) atoms. The molecule has 1 unspecified atom stereocenters. The molecule has 2 nitrogen and oxygen atoms in total. The number of nitrogens with zero attached hydrogens (tertiary/aromatic N) is 1. The van der Waals surface area contributed by atoms with Gasteiger partial charge in [0.1, 0.15) is 5.92 Å². The number of carbonyl (C=O) groups excluding carboxylic acids is 1. The Kier molecular flexibility index (Phi) is 2.93. The lowest BCUT2D eigenvalue weighted by molar-refractivity contribution is -0.136. The minimum Gasteiger partial charge on any atom is -0.342 e. The van der Waals surface area contributed by atoms with E-state index < -0.39 is 11.8 Å². The lowest BCUT2D eigenvalue weighted by Gasteiger charge is -2.34. The molecule has 0 aromatic heterocycles. The molecule has 0 radical (unpaired) electrons. The van der Waals surface area contributed by atoms with E-state index in [9.17, 15) is 13.6 Å². The number of amides is 1. The van der Waals surface area contributed by atoms with Crippen molar-refractivity contribution in [3.63, 3.8) is 0 Å². The van der Waals surface area contributed by atoms with Gasteiger partial charge >= 0.3 is 0 Å². The van der Waals surface area contributed by atoms with Crippen molar-refractivity contribution in [3.05, 3.63) is 0 Å². The Morgan fingerprint density at radius 1 is 1.31 bits per heavy atom. The fourth-order valence-electron chi connectivity index (χ4n) is 2.49. The van der Waals surface area contributed by atoms with E-state index in [4.69, 9.17) is 0 Å². The maximum absolute atomic E-state index is 12.8. The fraction of sp³-hybridized carbons (Fsp3) is 0.917. The van der Waals surface area contributed by atoms with Gasteiger partial charge in [-0.3, -0.25) is 4.79 Å². The molecule has 0 aromatic rings. The van der Waals surface area contributed by atoms with Crippen LogP contribution in [0.25, 0.3) is 0 Å². The summed E-state index contributed by atoms with van der Waals surface area (Å²) < 4.78 is 25.5. The molecular formula is C12H19F2NO. The summed E-state index contributed by atoms with van der Waals surface area (Å²) in [5, 5.41) is 0. The van der Waals surface area contributed by atoms with Crippen LogP contribution >= 0.6 is 0 Å². The van der Waals surface area contributed by atoms with Crippen molar-refractivity contribution in [2.45, 2.75) is 39.0 Å². The zero-order valence-electron chi connectivity index (χ0n) is 9.88. The first-order chi connectivity index (χ1) is 7.42. The van der Waals surface area contributed by atoms with E-state index in [1.807, 2.05) is 0 Å². The minimum absolute atomic E-state index is 0.240. The second-order valence-electron chi connectivity index (χ2n) is 5.42. The van der Waals surface area contributed by atoms with Crippen LogP contribution in [-0.4, -0.2) is 29.8 Å². The zero-order valence-corrected chi connectivity index (χ0v) is 9.88. The van der Waals surface area contributed by atoms with Crippen LogP contribution < -0.4 is 0 Å². The lowest BCUT2D eigenvalue weighted by atomic mass is 9.86. The summed E-state index contributed by atoms with van der Waals surface area (Å²) >= 11 is 0. The van der Waals surface area contributed by atoms with Crippen LogP contribution in [0.1, 0.15) is 33.1 Å². The monoisotopic (exact) mass is 231 g/mol. The summed E-state index contributed by atoms with van der Waals surface area (Å²) in [4.78, 5) is 13.3. The van der Waals surface area contributed by atoms with E-state index in [2.05, 4.69) is 13.8 Å². The predicted octanol–water partition coefficient (Wildman–Crippen LogP) is 2.54. The molecule has 0 aromatic carbocycles. The number of likely N-dealkylation sites (tertiary alicyclic amines) is 1. The van der Waals surface area contributed by atoms with Crippen molar-refractivity contribution in [2.75, 3.05) is 13.1 Å². The Hall–Kier alpha value is -0.670. The topological polar surface area (TPSA) is 20.3 Å². The van der Waals surface area contributed by atoms with E-state index in [1.165, 1.54) is 0 Å². The van der Waals surface area contributed by atoms with E-state index in [1.54, 1.807) is 4.90 Å². The number of hydrogen-bond acceptors (Lipinski definition) is 1. The maximum Gasteiger partial charge on any atom is 0.260 e. The fourth-order valence-corrected chi connectivity index (χ4v) is 2.49. The Bertz CT molecular complexity index is 283. The van der Waals surface area contributed by atoms with Gasteiger partial charge in [0.15, 0.2) is 0 Å². The van der Waals surface area contributed by atoms with Gasteiger partial charge in [-0.15, -0.1) is 0 Å². The number of halogens is 2. The van der Waals surface area contributed by atoms with Crippen molar-refractivity contribution >= 4 is 5.91 Å². The second kappa shape index (κ2) is 3.97. The van der Waals surface area contributed by atoms with Crippen LogP contribution in [0.4, 0.5) is 8.78 Å². The predicted molar refractivity (Wildman–Crippen MR) is 57.2 cm³/mol. The smallest absolute Gasteiger partial charge is 0.260 e. The number of hydrogen-bond donors (Lipinski definition) is 0. The zero-order chi connectivity index (χ0) is 11.9. The number of carbonyl (C=O) groups is 1. The van der Waals surface area contributed by atoms with Crippen molar-refractivity contribution in [1.82, 2.24) is 4.90 Å². The molecule has 1 aliphatic heterocycles. The Labute approximate surface area is 95.0 Å². The highest BCUT2D eigenvalue weighted by molar-refractivity contribution is 5.83. The average Bonchev–Trinajstić information content (AvgIpc) is 2.87. The molecule has 1 atom stereocenters. The summed E-state index contributed by atoms with van der Waals surface area (Å²) in [6.45, 7) is 5.68. The van der Waals surface area contributed by atoms with E-state index in [0.717, 1.165) is 12.8 Å². The summed E-state index contributed by atoms with van der Waals surface area (Å²) in [5.74, 6) is -2.79. The Morgan fingerprint density at radius 3 is 2.19 bits per heavy atom. The van der Waals surface area contributed by atoms with Gasteiger partial charge in [-0.05, 0) is 24.7 Å². The van der Waals surface area contributed by atoms with Gasteiger partial charge in [0.25, 0.3) is 5.92 Å².